The van der Waals surface area contributed by atoms with Gasteiger partial charge in [-0.05, 0) is 0 Å². The fraction of sp³-hybridized carbons (Fsp3) is 0.154. The van der Waals surface area contributed by atoms with E-state index in [1.54, 1.807) is 0 Å². The van der Waals surface area contributed by atoms with Crippen molar-refractivity contribution in [1.82, 2.24) is 0 Å². The Labute approximate surface area is 121 Å². The van der Waals surface area contributed by atoms with E-state index in [0.29, 0.717) is 0 Å². The summed E-state index contributed by atoms with van der Waals surface area (Å²) in [5.41, 5.74) is 2.34. The molecule has 72 valence electrons. The zero-order valence-electron chi connectivity index (χ0n) is 10.3. The first-order valence-corrected chi connectivity index (χ1v) is 4.71. The minimum atomic E-state index is 0. The van der Waals surface area contributed by atoms with Crippen molar-refractivity contribution in [3.8, 4) is 0 Å². The molecule has 0 saturated carbocycles. The number of benzene rings is 2. The largest absolute Gasteiger partial charge is 1.00 e. The van der Waals surface area contributed by atoms with E-state index in [1.165, 1.54) is 16.3 Å². The summed E-state index contributed by atoms with van der Waals surface area (Å²) in [6.45, 7) is 4.82. The zero-order valence-corrected chi connectivity index (χ0v) is 10.3. The van der Waals surface area contributed by atoms with Gasteiger partial charge < -0.3 is 5.32 Å². The third kappa shape index (κ3) is 3.11. The summed E-state index contributed by atoms with van der Waals surface area (Å²) in [6, 6.07) is 12.5. The average molecular weight is 197 g/mol. The van der Waals surface area contributed by atoms with Crippen LogP contribution in [0.1, 0.15) is 11.1 Å². The van der Waals surface area contributed by atoms with Crippen LogP contribution in [0, 0.1) is 6.92 Å². The number of fused-ring (bicyclic) bond motifs is 1. The van der Waals surface area contributed by atoms with Crippen molar-refractivity contribution >= 4 is 10.8 Å². The van der Waals surface area contributed by atoms with Crippen molar-refractivity contribution in [2.45, 2.75) is 6.54 Å². The standard InChI is InChI=1S/C13H13N.2Li/c1-10-5-3-6-11-7-4-8-12(9-14-2)13(10)11;;/h3-8H,1,9H2,2H3;;/q-2;2*+1. The molecule has 0 spiro atoms. The van der Waals surface area contributed by atoms with Crippen molar-refractivity contribution in [2.24, 2.45) is 0 Å². The van der Waals surface area contributed by atoms with Crippen molar-refractivity contribution < 1.29 is 37.7 Å². The summed E-state index contributed by atoms with van der Waals surface area (Å²) >= 11 is 0. The maximum Gasteiger partial charge on any atom is 1.00 e. The van der Waals surface area contributed by atoms with Crippen LogP contribution in [0.25, 0.3) is 16.1 Å². The van der Waals surface area contributed by atoms with E-state index in [2.05, 4.69) is 36.5 Å². The van der Waals surface area contributed by atoms with Crippen LogP contribution >= 0.6 is 0 Å². The molecule has 0 unspecified atom stereocenters. The second-order valence-electron chi connectivity index (χ2n) is 3.41. The van der Waals surface area contributed by atoms with Gasteiger partial charge in [0.05, 0.1) is 0 Å². The van der Waals surface area contributed by atoms with E-state index >= 15 is 0 Å². The van der Waals surface area contributed by atoms with Crippen LogP contribution in [0.4, 0.5) is 0 Å². The van der Waals surface area contributed by atoms with Gasteiger partial charge in [-0.15, -0.1) is 23.6 Å². The third-order valence-electron chi connectivity index (χ3n) is 2.41. The van der Waals surface area contributed by atoms with E-state index in [-0.39, 0.29) is 37.7 Å². The van der Waals surface area contributed by atoms with Gasteiger partial charge in [0, 0.05) is 0 Å². The Hall–Kier alpha value is -0.275. The molecule has 0 heterocycles. The molecule has 0 aliphatic heterocycles. The third-order valence-corrected chi connectivity index (χ3v) is 2.41. The molecule has 0 bridgehead atoms. The molecule has 3 heteroatoms. The molecule has 0 aliphatic carbocycles. The summed E-state index contributed by atoms with van der Waals surface area (Å²) in [6.07, 6.45) is 0. The summed E-state index contributed by atoms with van der Waals surface area (Å²) < 4.78 is 0. The maximum absolute atomic E-state index is 4.17. The second kappa shape index (κ2) is 7.13. The predicted octanol–water partition coefficient (Wildman–Crippen LogP) is -2.47. The maximum atomic E-state index is 4.17. The summed E-state index contributed by atoms with van der Waals surface area (Å²) in [5, 5.41) is 6.67. The van der Waals surface area contributed by atoms with Crippen molar-refractivity contribution in [1.29, 1.82) is 0 Å². The van der Waals surface area contributed by atoms with Gasteiger partial charge in [-0.25, -0.2) is 0 Å². The SMILES string of the molecule is [CH2-]c1cccc2cccc(C[N-]C)c12.[Li+].[Li+]. The number of hydrogen-bond donors (Lipinski definition) is 0. The molecule has 2 aromatic rings. The Balaban J connectivity index is 0.00000112. The minimum absolute atomic E-state index is 0. The Kier molecular flexibility index (Phi) is 7.01. The van der Waals surface area contributed by atoms with Gasteiger partial charge in [0.1, 0.15) is 0 Å². The first-order chi connectivity index (χ1) is 6.83. The van der Waals surface area contributed by atoms with E-state index in [4.69, 9.17) is 0 Å². The Morgan fingerprint density at radius 2 is 1.69 bits per heavy atom. The molecular weight excluding hydrogens is 184 g/mol. The first kappa shape index (κ1) is 15.7. The van der Waals surface area contributed by atoms with E-state index < -0.39 is 0 Å². The van der Waals surface area contributed by atoms with Gasteiger partial charge >= 0.3 is 37.7 Å². The van der Waals surface area contributed by atoms with Crippen LogP contribution in [0.15, 0.2) is 36.4 Å². The molecular formula is C13H13Li2N. The van der Waals surface area contributed by atoms with Gasteiger partial charge in [-0.1, -0.05) is 29.7 Å². The molecule has 0 saturated heterocycles. The van der Waals surface area contributed by atoms with E-state index in [9.17, 15) is 0 Å². The molecule has 2 rings (SSSR count). The molecule has 0 radical (unpaired) electrons. The monoisotopic (exact) mass is 197 g/mol. The molecule has 16 heavy (non-hydrogen) atoms. The van der Waals surface area contributed by atoms with Crippen LogP contribution in [-0.2, 0) is 6.54 Å². The molecule has 0 amide bonds. The van der Waals surface area contributed by atoms with Crippen LogP contribution in [0.3, 0.4) is 0 Å². The zero-order chi connectivity index (χ0) is 9.97. The van der Waals surface area contributed by atoms with Gasteiger partial charge in [0.25, 0.3) is 0 Å². The van der Waals surface area contributed by atoms with Crippen LogP contribution in [0.5, 0.6) is 0 Å². The van der Waals surface area contributed by atoms with Crippen molar-refractivity contribution in [2.75, 3.05) is 7.05 Å². The fourth-order valence-electron chi connectivity index (χ4n) is 1.80. The van der Waals surface area contributed by atoms with Crippen LogP contribution in [0.2, 0.25) is 0 Å². The molecule has 0 fully saturated rings. The normalized spacial score (nSPS) is 9.31. The van der Waals surface area contributed by atoms with Gasteiger partial charge in [-0.2, -0.15) is 25.6 Å². The molecule has 0 N–H and O–H groups in total. The first-order valence-electron chi connectivity index (χ1n) is 4.71. The van der Waals surface area contributed by atoms with Crippen LogP contribution < -0.4 is 37.7 Å². The molecule has 1 nitrogen and oxygen atoms in total. The topological polar surface area (TPSA) is 14.1 Å². The summed E-state index contributed by atoms with van der Waals surface area (Å²) in [7, 11) is 1.84. The Morgan fingerprint density at radius 3 is 2.31 bits per heavy atom. The van der Waals surface area contributed by atoms with Crippen LogP contribution in [-0.4, -0.2) is 7.05 Å². The molecule has 0 aliphatic rings. The Morgan fingerprint density at radius 1 is 1.06 bits per heavy atom. The van der Waals surface area contributed by atoms with Crippen molar-refractivity contribution in [3.63, 3.8) is 0 Å². The van der Waals surface area contributed by atoms with Gasteiger partial charge in [-0.3, -0.25) is 0 Å². The number of nitrogens with zero attached hydrogens (tertiary/aromatic N) is 1. The summed E-state index contributed by atoms with van der Waals surface area (Å²) in [5.74, 6) is 0. The smallest absolute Gasteiger partial charge is 0.662 e. The molecule has 0 aromatic heterocycles. The quantitative estimate of drug-likeness (QED) is 0.374. The van der Waals surface area contributed by atoms with Crippen molar-refractivity contribution in [3.05, 3.63) is 59.8 Å². The van der Waals surface area contributed by atoms with E-state index in [0.717, 1.165) is 12.1 Å². The predicted molar refractivity (Wildman–Crippen MR) is 61.4 cm³/mol. The van der Waals surface area contributed by atoms with Gasteiger partial charge in [0.15, 0.2) is 0 Å². The van der Waals surface area contributed by atoms with Gasteiger partial charge in [0.2, 0.25) is 0 Å². The average Bonchev–Trinajstić information content (AvgIpc) is 2.19. The summed E-state index contributed by atoms with van der Waals surface area (Å²) in [4.78, 5) is 0. The molecule has 0 atom stereocenters. The number of rotatable bonds is 2. The Bertz CT molecular complexity index is 449. The molecule has 2 aromatic carbocycles. The van der Waals surface area contributed by atoms with E-state index in [1.807, 2.05) is 19.2 Å². The number of hydrogen-bond acceptors (Lipinski definition) is 0. The minimum Gasteiger partial charge on any atom is -0.662 e. The fourth-order valence-corrected chi connectivity index (χ4v) is 1.80. The second-order valence-corrected chi connectivity index (χ2v) is 3.41.